The number of anilines is 1. The fourth-order valence-corrected chi connectivity index (χ4v) is 1.57. The number of carbonyl (C=O) groups is 1. The van der Waals surface area contributed by atoms with Gasteiger partial charge in [0.15, 0.2) is 0 Å². The Balaban J connectivity index is 2.24. The Kier molecular flexibility index (Phi) is 3.03. The lowest BCUT2D eigenvalue weighted by Gasteiger charge is -2.13. The van der Waals surface area contributed by atoms with Crippen molar-refractivity contribution in [1.29, 1.82) is 0 Å². The van der Waals surface area contributed by atoms with Crippen molar-refractivity contribution in [3.8, 4) is 0 Å². The molecule has 0 unspecified atom stereocenters. The van der Waals surface area contributed by atoms with Gasteiger partial charge in [-0.1, -0.05) is 11.6 Å². The second kappa shape index (κ2) is 4.13. The van der Waals surface area contributed by atoms with Gasteiger partial charge in [0.1, 0.15) is 0 Å². The van der Waals surface area contributed by atoms with Crippen LogP contribution in [0.25, 0.3) is 0 Å². The number of amides is 1. The first-order valence-electron chi connectivity index (χ1n) is 5.19. The molecular weight excluding hydrogens is 269 g/mol. The van der Waals surface area contributed by atoms with Crippen LogP contribution in [-0.4, -0.2) is 11.4 Å². The number of rotatable bonds is 2. The molecule has 1 aromatic carbocycles. The van der Waals surface area contributed by atoms with Gasteiger partial charge in [-0.15, -0.1) is 0 Å². The predicted octanol–water partition coefficient (Wildman–Crippen LogP) is 2.79. The van der Waals surface area contributed by atoms with Gasteiger partial charge in [0, 0.05) is 0 Å². The number of hydrogen-bond acceptors (Lipinski definition) is 2. The normalized spacial score (nSPS) is 17.4. The van der Waals surface area contributed by atoms with E-state index < -0.39 is 23.2 Å². The second-order valence-electron chi connectivity index (χ2n) is 4.30. The Morgan fingerprint density at radius 1 is 1.39 bits per heavy atom. The Morgan fingerprint density at radius 3 is 2.50 bits per heavy atom. The van der Waals surface area contributed by atoms with Crippen LogP contribution >= 0.6 is 11.6 Å². The number of nitrogens with two attached hydrogens (primary N) is 1. The largest absolute Gasteiger partial charge is 0.416 e. The Bertz CT molecular complexity index is 498. The molecule has 1 saturated carbocycles. The van der Waals surface area contributed by atoms with Crippen molar-refractivity contribution in [2.45, 2.75) is 24.6 Å². The van der Waals surface area contributed by atoms with Crippen molar-refractivity contribution in [2.24, 2.45) is 5.73 Å². The summed E-state index contributed by atoms with van der Waals surface area (Å²) in [6.07, 6.45) is -3.44. The zero-order chi connectivity index (χ0) is 13.6. The zero-order valence-corrected chi connectivity index (χ0v) is 9.90. The number of benzene rings is 1. The van der Waals surface area contributed by atoms with E-state index >= 15 is 0 Å². The quantitative estimate of drug-likeness (QED) is 0.874. The highest BCUT2D eigenvalue weighted by molar-refractivity contribution is 6.33. The van der Waals surface area contributed by atoms with Crippen LogP contribution in [0.5, 0.6) is 0 Å². The number of alkyl halides is 3. The van der Waals surface area contributed by atoms with Gasteiger partial charge in [-0.2, -0.15) is 13.2 Å². The minimum atomic E-state index is -4.48. The molecule has 1 aromatic rings. The van der Waals surface area contributed by atoms with Crippen LogP contribution in [0.2, 0.25) is 5.02 Å². The molecular formula is C11H10ClF3N2O. The molecule has 0 aliphatic heterocycles. The maximum atomic E-state index is 12.5. The fourth-order valence-electron chi connectivity index (χ4n) is 1.41. The van der Waals surface area contributed by atoms with Crippen LogP contribution in [0.1, 0.15) is 18.4 Å². The Labute approximate surface area is 106 Å². The molecule has 0 heterocycles. The number of hydrogen-bond donors (Lipinski definition) is 2. The topological polar surface area (TPSA) is 55.1 Å². The maximum absolute atomic E-state index is 12.5. The van der Waals surface area contributed by atoms with Gasteiger partial charge in [-0.25, -0.2) is 0 Å². The van der Waals surface area contributed by atoms with Crippen LogP contribution in [0.3, 0.4) is 0 Å². The van der Waals surface area contributed by atoms with E-state index in [4.69, 9.17) is 17.3 Å². The van der Waals surface area contributed by atoms with E-state index in [-0.39, 0.29) is 10.7 Å². The van der Waals surface area contributed by atoms with Gasteiger partial charge in [0.2, 0.25) is 5.91 Å². The van der Waals surface area contributed by atoms with Gasteiger partial charge < -0.3 is 11.1 Å². The first-order valence-corrected chi connectivity index (χ1v) is 5.57. The van der Waals surface area contributed by atoms with Gasteiger partial charge in [-0.3, -0.25) is 4.79 Å². The second-order valence-corrected chi connectivity index (χ2v) is 4.71. The summed E-state index contributed by atoms with van der Waals surface area (Å²) in [6.45, 7) is 0. The Hall–Kier alpha value is -1.27. The molecule has 1 fully saturated rings. The van der Waals surface area contributed by atoms with Crippen LogP contribution in [0, 0.1) is 0 Å². The van der Waals surface area contributed by atoms with E-state index in [1.54, 1.807) is 0 Å². The lowest BCUT2D eigenvalue weighted by Crippen LogP contribution is -2.37. The lowest BCUT2D eigenvalue weighted by molar-refractivity contribution is -0.137. The summed E-state index contributed by atoms with van der Waals surface area (Å²) in [7, 11) is 0. The predicted molar refractivity (Wildman–Crippen MR) is 61.2 cm³/mol. The van der Waals surface area contributed by atoms with E-state index in [0.717, 1.165) is 18.2 Å². The van der Waals surface area contributed by atoms with E-state index in [0.29, 0.717) is 12.8 Å². The van der Waals surface area contributed by atoms with Gasteiger partial charge in [-0.05, 0) is 31.0 Å². The van der Waals surface area contributed by atoms with Gasteiger partial charge >= 0.3 is 6.18 Å². The smallest absolute Gasteiger partial charge is 0.323 e. The third kappa shape index (κ3) is 2.59. The molecule has 98 valence electrons. The summed E-state index contributed by atoms with van der Waals surface area (Å²) in [5, 5.41) is 2.37. The molecule has 0 atom stereocenters. The van der Waals surface area contributed by atoms with Crippen molar-refractivity contribution in [2.75, 3.05) is 5.32 Å². The summed E-state index contributed by atoms with van der Waals surface area (Å²) in [5.41, 5.74) is 3.73. The maximum Gasteiger partial charge on any atom is 0.416 e. The monoisotopic (exact) mass is 278 g/mol. The summed E-state index contributed by atoms with van der Waals surface area (Å²) >= 11 is 5.74. The number of carbonyl (C=O) groups excluding carboxylic acids is 1. The first-order chi connectivity index (χ1) is 8.22. The zero-order valence-electron chi connectivity index (χ0n) is 9.14. The molecule has 0 spiro atoms. The van der Waals surface area contributed by atoms with Crippen molar-refractivity contribution >= 4 is 23.2 Å². The Morgan fingerprint density at radius 2 is 2.00 bits per heavy atom. The fraction of sp³-hybridized carbons (Fsp3) is 0.364. The number of halogens is 4. The third-order valence-corrected chi connectivity index (χ3v) is 3.11. The first kappa shape index (κ1) is 13.2. The van der Waals surface area contributed by atoms with E-state index in [2.05, 4.69) is 5.32 Å². The average molecular weight is 279 g/mol. The lowest BCUT2D eigenvalue weighted by atomic mass is 10.2. The SMILES string of the molecule is NC1(C(=O)Nc2cc(C(F)(F)F)ccc2Cl)CC1. The van der Waals surface area contributed by atoms with Crippen LogP contribution in [-0.2, 0) is 11.0 Å². The third-order valence-electron chi connectivity index (χ3n) is 2.78. The highest BCUT2D eigenvalue weighted by Crippen LogP contribution is 2.36. The van der Waals surface area contributed by atoms with Crippen molar-refractivity contribution in [3.63, 3.8) is 0 Å². The van der Waals surface area contributed by atoms with Gasteiger partial charge in [0.25, 0.3) is 0 Å². The molecule has 7 heteroatoms. The minimum Gasteiger partial charge on any atom is -0.323 e. The highest BCUT2D eigenvalue weighted by Gasteiger charge is 2.46. The summed E-state index contributed by atoms with van der Waals surface area (Å²) in [5.74, 6) is -0.510. The summed E-state index contributed by atoms with van der Waals surface area (Å²) in [4.78, 5) is 11.6. The molecule has 1 aliphatic rings. The molecule has 0 aromatic heterocycles. The molecule has 18 heavy (non-hydrogen) atoms. The van der Waals surface area contributed by atoms with Crippen molar-refractivity contribution < 1.29 is 18.0 Å². The average Bonchev–Trinajstić information content (AvgIpc) is 2.99. The minimum absolute atomic E-state index is 0.0422. The molecule has 1 aliphatic carbocycles. The van der Waals surface area contributed by atoms with Gasteiger partial charge in [0.05, 0.1) is 21.8 Å². The molecule has 1 amide bonds. The van der Waals surface area contributed by atoms with Crippen LogP contribution in [0.4, 0.5) is 18.9 Å². The molecule has 3 nitrogen and oxygen atoms in total. The number of nitrogens with one attached hydrogen (secondary N) is 1. The molecule has 0 radical (unpaired) electrons. The van der Waals surface area contributed by atoms with Crippen molar-refractivity contribution in [1.82, 2.24) is 0 Å². The van der Waals surface area contributed by atoms with E-state index in [1.165, 1.54) is 0 Å². The van der Waals surface area contributed by atoms with E-state index in [1.807, 2.05) is 0 Å². The molecule has 0 saturated heterocycles. The van der Waals surface area contributed by atoms with Crippen molar-refractivity contribution in [3.05, 3.63) is 28.8 Å². The molecule has 3 N–H and O–H groups in total. The summed E-state index contributed by atoms with van der Waals surface area (Å²) in [6, 6.07) is 2.75. The highest BCUT2D eigenvalue weighted by atomic mass is 35.5. The molecule has 0 bridgehead atoms. The van der Waals surface area contributed by atoms with Crippen LogP contribution < -0.4 is 11.1 Å². The van der Waals surface area contributed by atoms with E-state index in [9.17, 15) is 18.0 Å². The van der Waals surface area contributed by atoms with Crippen LogP contribution in [0.15, 0.2) is 18.2 Å². The molecule has 2 rings (SSSR count). The standard InChI is InChI=1S/C11H10ClF3N2O/c12-7-2-1-6(11(13,14)15)5-8(7)17-9(18)10(16)3-4-10/h1-2,5H,3-4,16H2,(H,17,18). The summed E-state index contributed by atoms with van der Waals surface area (Å²) < 4.78 is 37.5.